The largest absolute Gasteiger partial charge is 0.396 e. The summed E-state index contributed by atoms with van der Waals surface area (Å²) in [4.78, 5) is 11.9. The predicted molar refractivity (Wildman–Crippen MR) is 86.1 cm³/mol. The van der Waals surface area contributed by atoms with Crippen molar-refractivity contribution in [3.8, 4) is 0 Å². The topological polar surface area (TPSA) is 63.1 Å². The van der Waals surface area contributed by atoms with E-state index in [9.17, 15) is 14.3 Å². The molecule has 0 unspecified atom stereocenters. The van der Waals surface area contributed by atoms with Crippen LogP contribution >= 0.6 is 15.9 Å². The van der Waals surface area contributed by atoms with Crippen LogP contribution in [-0.4, -0.2) is 29.8 Å². The van der Waals surface area contributed by atoms with E-state index < -0.39 is 5.54 Å². The number of halogens is 2. The lowest BCUT2D eigenvalue weighted by Crippen LogP contribution is -2.98. The number of aliphatic hydroxyl groups excluding tert-OH is 1. The number of primary amides is 1. The summed E-state index contributed by atoms with van der Waals surface area (Å²) in [5.74, 6) is -0.690. The van der Waals surface area contributed by atoms with Crippen LogP contribution in [0, 0.1) is 11.7 Å². The highest BCUT2D eigenvalue weighted by Crippen LogP contribution is 2.45. The summed E-state index contributed by atoms with van der Waals surface area (Å²) in [6.45, 7) is 1.38. The van der Waals surface area contributed by atoms with Gasteiger partial charge in [0.25, 0.3) is 0 Å². The van der Waals surface area contributed by atoms with Crippen LogP contribution in [-0.2, 0) is 15.1 Å². The van der Waals surface area contributed by atoms with Gasteiger partial charge in [0.2, 0.25) is 0 Å². The average Bonchev–Trinajstić information content (AvgIpc) is 3.22. The fourth-order valence-corrected chi connectivity index (χ4v) is 4.13. The van der Waals surface area contributed by atoms with Crippen LogP contribution < -0.4 is 5.32 Å². The summed E-state index contributed by atoms with van der Waals surface area (Å²) < 4.78 is 21.3. The van der Waals surface area contributed by atoms with E-state index in [4.69, 9.17) is 4.74 Å². The van der Waals surface area contributed by atoms with E-state index in [-0.39, 0.29) is 30.4 Å². The summed E-state index contributed by atoms with van der Waals surface area (Å²) in [7, 11) is 0. The van der Waals surface area contributed by atoms with Crippen molar-refractivity contribution in [3.05, 3.63) is 34.1 Å². The van der Waals surface area contributed by atoms with E-state index in [0.717, 1.165) is 17.3 Å². The smallest absolute Gasteiger partial charge is 0.308 e. The molecular weight excluding hydrogens is 365 g/mol. The fraction of sp³-hybridized carbons (Fsp3) is 0.588. The van der Waals surface area contributed by atoms with Gasteiger partial charge in [-0.3, -0.25) is 5.32 Å². The molecule has 3 N–H and O–H groups in total. The number of nitrogens with two attached hydrogens (primary N) is 1. The number of rotatable bonds is 5. The number of carbonyl (C=O) groups excluding carboxylic acids is 1. The second kappa shape index (κ2) is 6.59. The molecule has 0 aromatic heterocycles. The lowest BCUT2D eigenvalue weighted by Gasteiger charge is -2.32. The number of benzene rings is 1. The van der Waals surface area contributed by atoms with Crippen molar-refractivity contribution in [2.45, 2.75) is 50.4 Å². The number of hydrogen-bond acceptors (Lipinski definition) is 3. The first-order valence-electron chi connectivity index (χ1n) is 8.03. The van der Waals surface area contributed by atoms with Crippen molar-refractivity contribution in [1.29, 1.82) is 0 Å². The van der Waals surface area contributed by atoms with Gasteiger partial charge in [-0.1, -0.05) is 15.9 Å². The zero-order valence-electron chi connectivity index (χ0n) is 13.1. The number of carbonyl (C=O) groups is 1. The highest BCUT2D eigenvalue weighted by atomic mass is 79.9. The van der Waals surface area contributed by atoms with Crippen molar-refractivity contribution < 1.29 is 24.3 Å². The van der Waals surface area contributed by atoms with E-state index >= 15 is 0 Å². The molecule has 0 spiro atoms. The quantitative estimate of drug-likeness (QED) is 0.811. The number of aliphatic hydroxyl groups is 1. The van der Waals surface area contributed by atoms with Crippen LogP contribution in [0.25, 0.3) is 0 Å². The zero-order chi connectivity index (χ0) is 16.6. The van der Waals surface area contributed by atoms with Gasteiger partial charge in [0.05, 0.1) is 31.3 Å². The van der Waals surface area contributed by atoms with Crippen molar-refractivity contribution in [2.24, 2.45) is 5.92 Å². The molecule has 0 bridgehead atoms. The molecule has 0 radical (unpaired) electrons. The molecule has 0 aliphatic heterocycles. The van der Waals surface area contributed by atoms with Gasteiger partial charge in [0.1, 0.15) is 11.4 Å². The maximum absolute atomic E-state index is 14.6. The Labute approximate surface area is 143 Å². The SMILES string of the molecule is CC(=O)[NH2+][C@@]1(c2cc(Br)ccc2F)C[C@@H](OC2CC2)C[C@H]1CO. The molecule has 1 aromatic carbocycles. The fourth-order valence-electron chi connectivity index (χ4n) is 3.77. The van der Waals surface area contributed by atoms with Crippen LogP contribution in [0.4, 0.5) is 4.39 Å². The Morgan fingerprint density at radius 3 is 2.83 bits per heavy atom. The molecule has 3 atom stereocenters. The third-order valence-corrected chi connectivity index (χ3v) is 5.35. The van der Waals surface area contributed by atoms with E-state index in [1.165, 1.54) is 13.0 Å². The molecule has 1 amide bonds. The molecule has 6 heteroatoms. The van der Waals surface area contributed by atoms with Gasteiger partial charge in [-0.15, -0.1) is 0 Å². The van der Waals surface area contributed by atoms with Crippen molar-refractivity contribution in [3.63, 3.8) is 0 Å². The first kappa shape index (κ1) is 17.0. The Morgan fingerprint density at radius 2 is 2.22 bits per heavy atom. The molecule has 4 nitrogen and oxygen atoms in total. The molecule has 2 aliphatic carbocycles. The van der Waals surface area contributed by atoms with Gasteiger partial charge in [0.15, 0.2) is 0 Å². The summed E-state index contributed by atoms with van der Waals surface area (Å²) >= 11 is 3.38. The van der Waals surface area contributed by atoms with Crippen molar-refractivity contribution in [1.82, 2.24) is 0 Å². The average molecular weight is 387 g/mol. The van der Waals surface area contributed by atoms with Crippen LogP contribution in [0.3, 0.4) is 0 Å². The van der Waals surface area contributed by atoms with Gasteiger partial charge in [-0.2, -0.15) is 0 Å². The second-order valence-corrected chi connectivity index (χ2v) is 7.61. The molecule has 0 saturated heterocycles. The third-order valence-electron chi connectivity index (χ3n) is 4.86. The van der Waals surface area contributed by atoms with Crippen LogP contribution in [0.5, 0.6) is 0 Å². The number of hydrogen-bond donors (Lipinski definition) is 2. The Hall–Kier alpha value is -0.820. The Bertz CT molecular complexity index is 608. The number of amides is 1. The van der Waals surface area contributed by atoms with Gasteiger partial charge in [-0.05, 0) is 37.5 Å². The molecule has 23 heavy (non-hydrogen) atoms. The van der Waals surface area contributed by atoms with Gasteiger partial charge in [-0.25, -0.2) is 9.18 Å². The van der Waals surface area contributed by atoms with E-state index in [2.05, 4.69) is 15.9 Å². The molecule has 2 aliphatic rings. The lowest BCUT2D eigenvalue weighted by molar-refractivity contribution is -0.664. The van der Waals surface area contributed by atoms with E-state index in [0.29, 0.717) is 24.5 Å². The molecule has 2 fully saturated rings. The third kappa shape index (κ3) is 3.50. The summed E-state index contributed by atoms with van der Waals surface area (Å²) in [6, 6.07) is 4.76. The van der Waals surface area contributed by atoms with Gasteiger partial charge in [0, 0.05) is 16.8 Å². The zero-order valence-corrected chi connectivity index (χ0v) is 14.7. The Kier molecular flexibility index (Phi) is 4.88. The summed E-state index contributed by atoms with van der Waals surface area (Å²) in [5.41, 5.74) is -0.350. The summed E-state index contributed by atoms with van der Waals surface area (Å²) in [5, 5.41) is 11.5. The summed E-state index contributed by atoms with van der Waals surface area (Å²) in [6.07, 6.45) is 3.54. The van der Waals surface area contributed by atoms with Gasteiger partial charge >= 0.3 is 5.91 Å². The van der Waals surface area contributed by atoms with Crippen molar-refractivity contribution >= 4 is 21.8 Å². The normalized spacial score (nSPS) is 30.6. The lowest BCUT2D eigenvalue weighted by atomic mass is 9.80. The Morgan fingerprint density at radius 1 is 1.48 bits per heavy atom. The van der Waals surface area contributed by atoms with Crippen LogP contribution in [0.15, 0.2) is 22.7 Å². The highest BCUT2D eigenvalue weighted by Gasteiger charge is 2.55. The number of ether oxygens (including phenoxy) is 1. The highest BCUT2D eigenvalue weighted by molar-refractivity contribution is 9.10. The monoisotopic (exact) mass is 386 g/mol. The molecular formula is C17H22BrFNO3+. The Balaban J connectivity index is 2.00. The first-order valence-corrected chi connectivity index (χ1v) is 8.82. The maximum Gasteiger partial charge on any atom is 0.308 e. The van der Waals surface area contributed by atoms with Crippen molar-refractivity contribution in [2.75, 3.05) is 6.61 Å². The molecule has 0 heterocycles. The van der Waals surface area contributed by atoms with Gasteiger partial charge < -0.3 is 9.84 Å². The molecule has 2 saturated carbocycles. The minimum absolute atomic E-state index is 0.0476. The minimum Gasteiger partial charge on any atom is -0.396 e. The maximum atomic E-state index is 14.6. The van der Waals surface area contributed by atoms with Crippen LogP contribution in [0.2, 0.25) is 0 Å². The van der Waals surface area contributed by atoms with E-state index in [1.54, 1.807) is 17.4 Å². The standard InChI is InChI=1S/C17H21BrFNO3/c1-10(22)20-17(15-7-12(18)2-5-16(15)19)8-14(6-11(17)9-21)23-13-3-4-13/h2,5,7,11,13-14,21H,3-4,6,8-9H2,1H3,(H,20,22)/p+1/t11-,14-,17-/m0/s1. The molecule has 3 rings (SSSR count). The number of quaternary nitrogens is 1. The van der Waals surface area contributed by atoms with Crippen LogP contribution in [0.1, 0.15) is 38.2 Å². The van der Waals surface area contributed by atoms with E-state index in [1.807, 2.05) is 0 Å². The second-order valence-electron chi connectivity index (χ2n) is 6.70. The first-order chi connectivity index (χ1) is 10.9. The minimum atomic E-state index is -0.812. The molecule has 126 valence electrons. The molecule has 1 aromatic rings. The predicted octanol–water partition coefficient (Wildman–Crippen LogP) is 1.84.